The number of likely N-dealkylation sites (N-methyl/N-ethyl adjacent to an activating group) is 1. The van der Waals surface area contributed by atoms with Gasteiger partial charge in [-0.2, -0.15) is 0 Å². The number of nitrogens with one attached hydrogen (secondary N) is 1. The van der Waals surface area contributed by atoms with E-state index >= 15 is 0 Å². The summed E-state index contributed by atoms with van der Waals surface area (Å²) in [6.07, 6.45) is 0. The van der Waals surface area contributed by atoms with Gasteiger partial charge in [0.25, 0.3) is 0 Å². The summed E-state index contributed by atoms with van der Waals surface area (Å²) in [5.41, 5.74) is 0. The van der Waals surface area contributed by atoms with Crippen molar-refractivity contribution in [1.29, 1.82) is 0 Å². The zero-order valence-corrected chi connectivity index (χ0v) is 11.8. The Bertz CT molecular complexity index is 348. The van der Waals surface area contributed by atoms with Crippen LogP contribution in [0.3, 0.4) is 0 Å². The van der Waals surface area contributed by atoms with Crippen LogP contribution in [0, 0.1) is 5.92 Å². The average Bonchev–Trinajstić information content (AvgIpc) is 2.76. The van der Waals surface area contributed by atoms with E-state index in [1.54, 1.807) is 6.92 Å². The molecule has 0 aromatic carbocycles. The zero-order chi connectivity index (χ0) is 13.7. The minimum atomic E-state index is -0.936. The molecule has 2 atom stereocenters. The van der Waals surface area contributed by atoms with Crippen molar-refractivity contribution in [3.8, 4) is 0 Å². The van der Waals surface area contributed by atoms with Crippen molar-refractivity contribution in [2.45, 2.75) is 13.0 Å². The first-order chi connectivity index (χ1) is 8.47. The summed E-state index contributed by atoms with van der Waals surface area (Å²) in [5, 5.41) is 11.7. The van der Waals surface area contributed by atoms with Gasteiger partial charge in [0.05, 0.1) is 25.8 Å². The quantitative estimate of drug-likeness (QED) is 0.793. The van der Waals surface area contributed by atoms with Gasteiger partial charge in [0.2, 0.25) is 0 Å². The molecule has 0 radical (unpaired) electrons. The van der Waals surface area contributed by atoms with Crippen molar-refractivity contribution in [1.82, 2.24) is 10.2 Å². The van der Waals surface area contributed by atoms with Crippen molar-refractivity contribution >= 4 is 27.9 Å². The van der Waals surface area contributed by atoms with Crippen LogP contribution in [0.15, 0.2) is 11.1 Å². The summed E-state index contributed by atoms with van der Waals surface area (Å²) in [5.74, 6) is -1.60. The van der Waals surface area contributed by atoms with Crippen LogP contribution < -0.4 is 5.32 Å². The molecule has 7 heteroatoms. The standard InChI is InChI=1S/C11H17BrN2O4/c1-3-14(11(17)13-4-7(2)12)9-6-18-5-8(9)10(15)16/h8-9H,2-6H2,1H3,(H,13,17)(H,15,16). The highest BCUT2D eigenvalue weighted by Crippen LogP contribution is 2.20. The third-order valence-electron chi connectivity index (χ3n) is 2.80. The van der Waals surface area contributed by atoms with Gasteiger partial charge in [-0.15, -0.1) is 0 Å². The van der Waals surface area contributed by atoms with Gasteiger partial charge in [0, 0.05) is 11.0 Å². The van der Waals surface area contributed by atoms with Gasteiger partial charge < -0.3 is 20.1 Å². The number of hydrogen-bond acceptors (Lipinski definition) is 3. The topological polar surface area (TPSA) is 78.9 Å². The van der Waals surface area contributed by atoms with E-state index in [4.69, 9.17) is 9.84 Å². The Morgan fingerprint density at radius 2 is 2.22 bits per heavy atom. The van der Waals surface area contributed by atoms with Crippen LogP contribution in [0.4, 0.5) is 4.79 Å². The molecule has 2 amide bonds. The minimum Gasteiger partial charge on any atom is -0.481 e. The molecule has 1 saturated heterocycles. The Kier molecular flexibility index (Phi) is 5.61. The zero-order valence-electron chi connectivity index (χ0n) is 10.2. The second kappa shape index (κ2) is 6.75. The van der Waals surface area contributed by atoms with Crippen molar-refractivity contribution in [3.05, 3.63) is 11.1 Å². The highest BCUT2D eigenvalue weighted by Gasteiger charge is 2.39. The molecule has 0 bridgehead atoms. The molecular formula is C11H17BrN2O4. The molecule has 6 nitrogen and oxygen atoms in total. The molecule has 102 valence electrons. The molecule has 0 aromatic rings. The first-order valence-electron chi connectivity index (χ1n) is 5.65. The van der Waals surface area contributed by atoms with E-state index in [-0.39, 0.29) is 19.2 Å². The molecule has 2 unspecified atom stereocenters. The molecule has 1 rings (SSSR count). The highest BCUT2D eigenvalue weighted by molar-refractivity contribution is 9.11. The van der Waals surface area contributed by atoms with Crippen molar-refractivity contribution in [3.63, 3.8) is 0 Å². The number of aliphatic carboxylic acids is 1. The van der Waals surface area contributed by atoms with Gasteiger partial charge in [0.1, 0.15) is 5.92 Å². The molecule has 0 aromatic heterocycles. The molecule has 0 spiro atoms. The van der Waals surface area contributed by atoms with Crippen LogP contribution in [0.1, 0.15) is 6.92 Å². The summed E-state index contributed by atoms with van der Waals surface area (Å²) < 4.78 is 5.82. The third kappa shape index (κ3) is 3.71. The minimum absolute atomic E-state index is 0.148. The van der Waals surface area contributed by atoms with Crippen LogP contribution in [0.5, 0.6) is 0 Å². The summed E-state index contributed by atoms with van der Waals surface area (Å²) in [6.45, 7) is 6.56. The molecular weight excluding hydrogens is 304 g/mol. The van der Waals surface area contributed by atoms with E-state index in [1.165, 1.54) is 4.90 Å². The van der Waals surface area contributed by atoms with Gasteiger partial charge in [-0.1, -0.05) is 22.5 Å². The lowest BCUT2D eigenvalue weighted by molar-refractivity contribution is -0.142. The molecule has 18 heavy (non-hydrogen) atoms. The highest BCUT2D eigenvalue weighted by atomic mass is 79.9. The Labute approximate surface area is 114 Å². The Hall–Kier alpha value is -1.08. The number of hydrogen-bond donors (Lipinski definition) is 2. The third-order valence-corrected chi connectivity index (χ3v) is 3.08. The number of carboxylic acid groups (broad SMARTS) is 1. The van der Waals surface area contributed by atoms with Gasteiger partial charge in [-0.05, 0) is 6.92 Å². The number of nitrogens with zero attached hydrogens (tertiary/aromatic N) is 1. The van der Waals surface area contributed by atoms with Crippen molar-refractivity contribution < 1.29 is 19.4 Å². The summed E-state index contributed by atoms with van der Waals surface area (Å²) in [6, 6.07) is -0.726. The second-order valence-corrected chi connectivity index (χ2v) is 5.13. The maximum Gasteiger partial charge on any atom is 0.318 e. The fourth-order valence-corrected chi connectivity index (χ4v) is 2.03. The summed E-state index contributed by atoms with van der Waals surface area (Å²) >= 11 is 3.15. The monoisotopic (exact) mass is 320 g/mol. The van der Waals surface area contributed by atoms with Gasteiger partial charge in [-0.3, -0.25) is 4.79 Å². The number of amides is 2. The lowest BCUT2D eigenvalue weighted by atomic mass is 10.0. The van der Waals surface area contributed by atoms with E-state index in [2.05, 4.69) is 27.8 Å². The lowest BCUT2D eigenvalue weighted by Crippen LogP contribution is -2.50. The smallest absolute Gasteiger partial charge is 0.318 e. The number of ether oxygens (including phenoxy) is 1. The number of carboxylic acids is 1. The predicted molar refractivity (Wildman–Crippen MR) is 69.6 cm³/mol. The Morgan fingerprint density at radius 1 is 1.56 bits per heavy atom. The summed E-state index contributed by atoms with van der Waals surface area (Å²) in [7, 11) is 0. The van der Waals surface area contributed by atoms with Crippen LogP contribution in [-0.4, -0.2) is 54.4 Å². The number of rotatable bonds is 5. The average molecular weight is 321 g/mol. The van der Waals surface area contributed by atoms with Crippen LogP contribution >= 0.6 is 15.9 Å². The van der Waals surface area contributed by atoms with E-state index in [0.717, 1.165) is 0 Å². The maximum absolute atomic E-state index is 11.9. The first-order valence-corrected chi connectivity index (χ1v) is 6.45. The Morgan fingerprint density at radius 3 is 2.72 bits per heavy atom. The van der Waals surface area contributed by atoms with Crippen LogP contribution in [0.2, 0.25) is 0 Å². The van der Waals surface area contributed by atoms with E-state index < -0.39 is 17.9 Å². The largest absolute Gasteiger partial charge is 0.481 e. The fourth-order valence-electron chi connectivity index (χ4n) is 1.89. The van der Waals surface area contributed by atoms with Crippen molar-refractivity contribution in [2.24, 2.45) is 5.92 Å². The predicted octanol–water partition coefficient (Wildman–Crippen LogP) is 1.03. The SMILES string of the molecule is C=C(Br)CNC(=O)N(CC)C1COCC1C(=O)O. The maximum atomic E-state index is 11.9. The van der Waals surface area contributed by atoms with E-state index in [0.29, 0.717) is 17.6 Å². The normalized spacial score (nSPS) is 22.6. The fraction of sp³-hybridized carbons (Fsp3) is 0.636. The van der Waals surface area contributed by atoms with Crippen LogP contribution in [-0.2, 0) is 9.53 Å². The molecule has 1 aliphatic heterocycles. The molecule has 1 aliphatic rings. The second-order valence-electron chi connectivity index (χ2n) is 4.01. The first kappa shape index (κ1) is 15.0. The van der Waals surface area contributed by atoms with Gasteiger partial charge in [-0.25, -0.2) is 4.79 Å². The number of carbonyl (C=O) groups is 2. The van der Waals surface area contributed by atoms with Crippen molar-refractivity contribution in [2.75, 3.05) is 26.3 Å². The number of halogens is 1. The Balaban J connectivity index is 2.67. The molecule has 1 heterocycles. The number of carbonyl (C=O) groups excluding carboxylic acids is 1. The number of urea groups is 1. The van der Waals surface area contributed by atoms with E-state index in [9.17, 15) is 9.59 Å². The molecule has 0 saturated carbocycles. The summed E-state index contributed by atoms with van der Waals surface area (Å²) in [4.78, 5) is 24.5. The van der Waals surface area contributed by atoms with Gasteiger partial charge in [0.15, 0.2) is 0 Å². The molecule has 2 N–H and O–H groups in total. The molecule has 0 aliphatic carbocycles. The van der Waals surface area contributed by atoms with E-state index in [1.807, 2.05) is 0 Å². The van der Waals surface area contributed by atoms with Crippen LogP contribution in [0.25, 0.3) is 0 Å². The lowest BCUT2D eigenvalue weighted by Gasteiger charge is -2.29. The molecule has 1 fully saturated rings. The van der Waals surface area contributed by atoms with Gasteiger partial charge >= 0.3 is 12.0 Å².